The number of fused-ring (bicyclic) bond motifs is 1. The topological polar surface area (TPSA) is 70.7 Å². The van der Waals surface area contributed by atoms with E-state index in [1.165, 1.54) is 6.92 Å². The Hall–Kier alpha value is -0.690. The highest BCUT2D eigenvalue weighted by atomic mass is 32.2. The smallest absolute Gasteiger partial charge is 0.163 e. The highest BCUT2D eigenvalue weighted by molar-refractivity contribution is 8.20. The van der Waals surface area contributed by atoms with Gasteiger partial charge in [-0.3, -0.25) is 4.79 Å². The van der Waals surface area contributed by atoms with Crippen molar-refractivity contribution in [3.8, 4) is 0 Å². The maximum atomic E-state index is 11.9. The molecule has 1 fully saturated rings. The molecular weight excluding hydrogens is 296 g/mol. The summed E-state index contributed by atoms with van der Waals surface area (Å²) in [6.07, 6.45) is -0.411. The average molecular weight is 312 g/mol. The lowest BCUT2D eigenvalue weighted by Crippen LogP contribution is -2.23. The maximum Gasteiger partial charge on any atom is 0.163 e. The van der Waals surface area contributed by atoms with Crippen LogP contribution in [0.15, 0.2) is 10.5 Å². The Bertz CT molecular complexity index is 584. The van der Waals surface area contributed by atoms with E-state index in [2.05, 4.69) is 0 Å². The third-order valence-electron chi connectivity index (χ3n) is 3.57. The molecule has 0 bridgehead atoms. The first-order chi connectivity index (χ1) is 9.50. The molecule has 1 aliphatic heterocycles. The van der Waals surface area contributed by atoms with Gasteiger partial charge >= 0.3 is 0 Å². The fourth-order valence-electron chi connectivity index (χ4n) is 2.73. The van der Waals surface area contributed by atoms with Crippen molar-refractivity contribution in [1.82, 2.24) is 0 Å². The Labute approximate surface area is 125 Å². The standard InChI is InChI=1S/C14H16O4S2/c1-6(15)10-7(2)18-13-11(10)8(5-9(16)12(13)17)14-19-3-4-20-14/h5,9,12,14,16-17H,3-4H2,1-2H3. The predicted molar refractivity (Wildman–Crippen MR) is 81.1 cm³/mol. The lowest BCUT2D eigenvalue weighted by molar-refractivity contribution is 0.0310. The molecule has 2 aliphatic rings. The SMILES string of the molecule is CC(=O)c1c(C)oc2c1C(C1SCCS1)=CC(O)C2O. The lowest BCUT2D eigenvalue weighted by Gasteiger charge is -2.25. The fraction of sp³-hybridized carbons (Fsp3) is 0.500. The van der Waals surface area contributed by atoms with Gasteiger partial charge in [0.2, 0.25) is 0 Å². The second-order valence-electron chi connectivity index (χ2n) is 4.96. The van der Waals surface area contributed by atoms with Gasteiger partial charge in [0, 0.05) is 17.1 Å². The molecule has 1 saturated heterocycles. The Morgan fingerprint density at radius 3 is 2.60 bits per heavy atom. The van der Waals surface area contributed by atoms with E-state index in [0.717, 1.165) is 17.1 Å². The van der Waals surface area contributed by atoms with Crippen LogP contribution >= 0.6 is 23.5 Å². The van der Waals surface area contributed by atoms with Gasteiger partial charge in [-0.15, -0.1) is 23.5 Å². The van der Waals surface area contributed by atoms with Crippen LogP contribution in [-0.4, -0.2) is 38.2 Å². The number of ketones is 1. The summed E-state index contributed by atoms with van der Waals surface area (Å²) in [6.45, 7) is 3.23. The highest BCUT2D eigenvalue weighted by Crippen LogP contribution is 2.48. The third-order valence-corrected chi connectivity index (χ3v) is 6.64. The number of aliphatic hydroxyl groups excluding tert-OH is 2. The molecule has 2 unspecified atom stereocenters. The van der Waals surface area contributed by atoms with Crippen molar-refractivity contribution in [2.75, 3.05) is 11.5 Å². The number of rotatable bonds is 2. The van der Waals surface area contributed by atoms with E-state index in [-0.39, 0.29) is 10.4 Å². The number of carbonyl (C=O) groups is 1. The van der Waals surface area contributed by atoms with Crippen LogP contribution in [0.2, 0.25) is 0 Å². The summed E-state index contributed by atoms with van der Waals surface area (Å²) in [5.41, 5.74) is 2.14. The number of Topliss-reactive ketones (excluding diaryl/α,β-unsaturated/α-hetero) is 1. The molecule has 0 radical (unpaired) electrons. The molecule has 2 N–H and O–H groups in total. The van der Waals surface area contributed by atoms with Crippen LogP contribution in [0.5, 0.6) is 0 Å². The van der Waals surface area contributed by atoms with Gasteiger partial charge in [0.15, 0.2) is 5.78 Å². The Balaban J connectivity index is 2.18. The van der Waals surface area contributed by atoms with E-state index in [9.17, 15) is 15.0 Å². The Morgan fingerprint density at radius 1 is 1.35 bits per heavy atom. The van der Waals surface area contributed by atoms with Gasteiger partial charge < -0.3 is 14.6 Å². The molecule has 0 saturated carbocycles. The second-order valence-corrected chi connectivity index (χ2v) is 7.68. The summed E-state index contributed by atoms with van der Waals surface area (Å²) in [5.74, 6) is 2.86. The van der Waals surface area contributed by atoms with Gasteiger partial charge in [-0.1, -0.05) is 0 Å². The van der Waals surface area contributed by atoms with Crippen LogP contribution in [0.3, 0.4) is 0 Å². The largest absolute Gasteiger partial charge is 0.462 e. The summed E-state index contributed by atoms with van der Waals surface area (Å²) in [5, 5.41) is 20.1. The molecule has 20 heavy (non-hydrogen) atoms. The summed E-state index contributed by atoms with van der Waals surface area (Å²) < 4.78 is 5.77. The van der Waals surface area contributed by atoms with Crippen molar-refractivity contribution in [1.29, 1.82) is 0 Å². The monoisotopic (exact) mass is 312 g/mol. The van der Waals surface area contributed by atoms with Crippen molar-refractivity contribution in [3.05, 3.63) is 28.7 Å². The molecule has 0 amide bonds. The molecule has 1 aromatic heterocycles. The number of aliphatic hydroxyl groups is 2. The minimum atomic E-state index is -1.10. The van der Waals surface area contributed by atoms with Gasteiger partial charge in [-0.05, 0) is 25.5 Å². The Kier molecular flexibility index (Phi) is 3.75. The second kappa shape index (κ2) is 5.26. The van der Waals surface area contributed by atoms with Gasteiger partial charge in [-0.25, -0.2) is 0 Å². The molecule has 108 valence electrons. The van der Waals surface area contributed by atoms with E-state index in [1.807, 2.05) is 0 Å². The zero-order valence-corrected chi connectivity index (χ0v) is 12.9. The van der Waals surface area contributed by atoms with Gasteiger partial charge in [0.1, 0.15) is 23.7 Å². The van der Waals surface area contributed by atoms with Crippen LogP contribution in [0, 0.1) is 6.92 Å². The number of thioether (sulfide) groups is 2. The van der Waals surface area contributed by atoms with E-state index in [1.54, 1.807) is 36.5 Å². The number of furan rings is 1. The van der Waals surface area contributed by atoms with Crippen molar-refractivity contribution in [3.63, 3.8) is 0 Å². The number of hydrogen-bond donors (Lipinski definition) is 2. The normalized spacial score (nSPS) is 26.5. The molecule has 2 heterocycles. The minimum absolute atomic E-state index is 0.0741. The molecule has 1 aromatic rings. The summed E-state index contributed by atoms with van der Waals surface area (Å²) in [4.78, 5) is 11.9. The first-order valence-electron chi connectivity index (χ1n) is 6.46. The zero-order valence-electron chi connectivity index (χ0n) is 11.3. The molecule has 0 aromatic carbocycles. The van der Waals surface area contributed by atoms with Crippen molar-refractivity contribution < 1.29 is 19.4 Å². The van der Waals surface area contributed by atoms with Crippen molar-refractivity contribution >= 4 is 34.9 Å². The fourth-order valence-corrected chi connectivity index (χ4v) is 5.65. The summed E-state index contributed by atoms with van der Waals surface area (Å²) >= 11 is 3.59. The molecule has 4 nitrogen and oxygen atoms in total. The molecule has 6 heteroatoms. The van der Waals surface area contributed by atoms with Gasteiger partial charge in [0.05, 0.1) is 10.1 Å². The van der Waals surface area contributed by atoms with Crippen LogP contribution in [0.1, 0.15) is 40.5 Å². The highest BCUT2D eigenvalue weighted by Gasteiger charge is 2.38. The van der Waals surface area contributed by atoms with Gasteiger partial charge in [0.25, 0.3) is 0 Å². The zero-order chi connectivity index (χ0) is 14.4. The summed E-state index contributed by atoms with van der Waals surface area (Å²) in [6, 6.07) is 0. The molecule has 2 atom stereocenters. The van der Waals surface area contributed by atoms with E-state index in [4.69, 9.17) is 4.42 Å². The first-order valence-corrected chi connectivity index (χ1v) is 8.56. The van der Waals surface area contributed by atoms with Gasteiger partial charge in [-0.2, -0.15) is 0 Å². The maximum absolute atomic E-state index is 11.9. The van der Waals surface area contributed by atoms with Crippen LogP contribution in [0.4, 0.5) is 0 Å². The molecular formula is C14H16O4S2. The number of carbonyl (C=O) groups excluding carboxylic acids is 1. The number of aryl methyl sites for hydroxylation is 1. The molecule has 0 spiro atoms. The summed E-state index contributed by atoms with van der Waals surface area (Å²) in [7, 11) is 0. The minimum Gasteiger partial charge on any atom is -0.462 e. The lowest BCUT2D eigenvalue weighted by atomic mass is 9.89. The predicted octanol–water partition coefficient (Wildman–Crippen LogP) is 2.39. The van der Waals surface area contributed by atoms with Crippen molar-refractivity contribution in [2.45, 2.75) is 30.6 Å². The van der Waals surface area contributed by atoms with E-state index < -0.39 is 12.2 Å². The quantitative estimate of drug-likeness (QED) is 0.817. The van der Waals surface area contributed by atoms with E-state index >= 15 is 0 Å². The first kappa shape index (κ1) is 14.3. The van der Waals surface area contributed by atoms with Crippen LogP contribution in [-0.2, 0) is 0 Å². The van der Waals surface area contributed by atoms with Crippen LogP contribution in [0.25, 0.3) is 5.57 Å². The van der Waals surface area contributed by atoms with E-state index in [0.29, 0.717) is 22.6 Å². The van der Waals surface area contributed by atoms with Crippen molar-refractivity contribution in [2.24, 2.45) is 0 Å². The molecule has 3 rings (SSSR count). The third kappa shape index (κ3) is 2.15. The number of hydrogen-bond acceptors (Lipinski definition) is 6. The molecule has 1 aliphatic carbocycles. The van der Waals surface area contributed by atoms with Crippen LogP contribution < -0.4 is 0 Å². The Morgan fingerprint density at radius 2 is 2.00 bits per heavy atom. The average Bonchev–Trinajstić information content (AvgIpc) is 3.00.